The third kappa shape index (κ3) is 65.7. The lowest BCUT2D eigenvalue weighted by molar-refractivity contribution is -0.167. The van der Waals surface area contributed by atoms with Crippen molar-refractivity contribution in [3.8, 4) is 0 Å². The number of carbonyl (C=O) groups is 3. The first-order valence-corrected chi connectivity index (χ1v) is 34.9. The zero-order chi connectivity index (χ0) is 57.8. The first kappa shape index (κ1) is 76.9. The van der Waals surface area contributed by atoms with Crippen LogP contribution in [0.1, 0.15) is 361 Å². The molecule has 0 aromatic carbocycles. The maximum Gasteiger partial charge on any atom is 0.306 e. The van der Waals surface area contributed by atoms with Crippen LogP contribution in [0.2, 0.25) is 0 Å². The van der Waals surface area contributed by atoms with Crippen molar-refractivity contribution in [2.75, 3.05) is 13.2 Å². The number of esters is 3. The molecule has 0 bridgehead atoms. The number of unbranched alkanes of at least 4 members (excludes halogenated alkanes) is 41. The van der Waals surface area contributed by atoms with Crippen molar-refractivity contribution in [2.24, 2.45) is 0 Å². The van der Waals surface area contributed by atoms with Crippen LogP contribution in [0, 0.1) is 0 Å². The van der Waals surface area contributed by atoms with Crippen molar-refractivity contribution in [1.29, 1.82) is 0 Å². The van der Waals surface area contributed by atoms with Gasteiger partial charge >= 0.3 is 17.9 Å². The molecule has 6 heteroatoms. The van der Waals surface area contributed by atoms with E-state index >= 15 is 0 Å². The second-order valence-electron chi connectivity index (χ2n) is 23.4. The van der Waals surface area contributed by atoms with Gasteiger partial charge in [0, 0.05) is 19.3 Å². The number of hydrogen-bond acceptors (Lipinski definition) is 6. The Morgan fingerprint density at radius 2 is 0.487 bits per heavy atom. The quantitative estimate of drug-likeness (QED) is 0.0261. The van der Waals surface area contributed by atoms with E-state index < -0.39 is 6.10 Å². The molecule has 0 saturated heterocycles. The molecule has 0 aromatic heterocycles. The minimum absolute atomic E-state index is 0.0700. The molecule has 1 atom stereocenters. The van der Waals surface area contributed by atoms with Crippen LogP contribution in [0.5, 0.6) is 0 Å². The SMILES string of the molecule is CC/C=C\C/C=C\C/C=C\C/C=C\C/C=C\CCCCCCCCCCCCCCCCCCCCCC(=O)OCC(COC(=O)CCCCCCCCCC)OC(=O)CCCCCCCCCCC/C=C\CCCCCCCC. The highest BCUT2D eigenvalue weighted by atomic mass is 16.6. The van der Waals surface area contributed by atoms with Crippen LogP contribution >= 0.6 is 0 Å². The molecule has 0 amide bonds. The summed E-state index contributed by atoms with van der Waals surface area (Å²) in [6.45, 7) is 6.54. The van der Waals surface area contributed by atoms with Gasteiger partial charge in [0.1, 0.15) is 13.2 Å². The smallest absolute Gasteiger partial charge is 0.306 e. The van der Waals surface area contributed by atoms with Crippen LogP contribution in [0.15, 0.2) is 72.9 Å². The summed E-state index contributed by atoms with van der Waals surface area (Å²) in [6, 6.07) is 0. The van der Waals surface area contributed by atoms with E-state index in [0.29, 0.717) is 19.3 Å². The highest BCUT2D eigenvalue weighted by Crippen LogP contribution is 2.18. The molecule has 0 fully saturated rings. The minimum Gasteiger partial charge on any atom is -0.462 e. The van der Waals surface area contributed by atoms with Crippen LogP contribution in [0.25, 0.3) is 0 Å². The molecule has 0 rings (SSSR count). The lowest BCUT2D eigenvalue weighted by atomic mass is 10.0. The van der Waals surface area contributed by atoms with Gasteiger partial charge in [0.25, 0.3) is 0 Å². The third-order valence-corrected chi connectivity index (χ3v) is 15.4. The molecule has 0 saturated carbocycles. The Morgan fingerprint density at radius 1 is 0.263 bits per heavy atom. The van der Waals surface area contributed by atoms with E-state index in [9.17, 15) is 14.4 Å². The average Bonchev–Trinajstić information content (AvgIpc) is 3.46. The monoisotopic (exact) mass is 1120 g/mol. The lowest BCUT2D eigenvalue weighted by Gasteiger charge is -2.18. The van der Waals surface area contributed by atoms with E-state index in [1.54, 1.807) is 0 Å². The van der Waals surface area contributed by atoms with Crippen molar-refractivity contribution < 1.29 is 28.6 Å². The van der Waals surface area contributed by atoms with Crippen LogP contribution in [-0.2, 0) is 28.6 Å². The first-order valence-electron chi connectivity index (χ1n) is 34.9. The Balaban J connectivity index is 4.01. The Morgan fingerprint density at radius 3 is 0.775 bits per heavy atom. The highest BCUT2D eigenvalue weighted by molar-refractivity contribution is 5.71. The summed E-state index contributed by atoms with van der Waals surface area (Å²) < 4.78 is 16.9. The van der Waals surface area contributed by atoms with Crippen molar-refractivity contribution in [1.82, 2.24) is 0 Å². The van der Waals surface area contributed by atoms with Crippen molar-refractivity contribution in [3.63, 3.8) is 0 Å². The van der Waals surface area contributed by atoms with Gasteiger partial charge in [-0.25, -0.2) is 0 Å². The number of hydrogen-bond donors (Lipinski definition) is 0. The zero-order valence-corrected chi connectivity index (χ0v) is 53.3. The fourth-order valence-electron chi connectivity index (χ4n) is 10.2. The molecule has 0 aliphatic rings. The van der Waals surface area contributed by atoms with Crippen LogP contribution in [-0.4, -0.2) is 37.2 Å². The van der Waals surface area contributed by atoms with Crippen molar-refractivity contribution in [2.45, 2.75) is 367 Å². The van der Waals surface area contributed by atoms with Crippen LogP contribution in [0.3, 0.4) is 0 Å². The Kier molecular flexibility index (Phi) is 65.7. The summed E-state index contributed by atoms with van der Waals surface area (Å²) in [7, 11) is 0. The normalized spacial score (nSPS) is 12.5. The molecule has 464 valence electrons. The Labute approximate surface area is 497 Å². The topological polar surface area (TPSA) is 78.9 Å². The minimum atomic E-state index is -0.771. The summed E-state index contributed by atoms with van der Waals surface area (Å²) in [5.74, 6) is -0.856. The molecule has 0 aliphatic heterocycles. The standard InChI is InChI=1S/C74H132O6/c1-4-7-10-13-16-19-21-23-25-27-29-30-31-32-33-34-35-36-37-38-39-40-41-42-43-44-46-47-49-51-53-55-58-61-64-67-73(76)79-70-71(69-78-72(75)66-63-60-57-18-15-12-9-6-3)80-74(77)68-65-62-59-56-54-52-50-48-45-28-26-24-22-20-17-14-11-8-5-2/h7,10,16,19,23-26,29-30,32-33,71H,4-6,8-9,11-15,17-18,20-22,27-28,31,34-70H2,1-3H3/b10-7-,19-16-,25-23-,26-24-,30-29-,33-32-. The van der Waals surface area contributed by atoms with Gasteiger partial charge in [-0.05, 0) is 89.9 Å². The fourth-order valence-corrected chi connectivity index (χ4v) is 10.2. The predicted molar refractivity (Wildman–Crippen MR) is 348 cm³/mol. The van der Waals surface area contributed by atoms with E-state index in [1.165, 1.54) is 231 Å². The maximum atomic E-state index is 12.9. The molecule has 0 N–H and O–H groups in total. The Hall–Kier alpha value is -3.15. The molecule has 0 spiro atoms. The summed E-state index contributed by atoms with van der Waals surface area (Å²) >= 11 is 0. The maximum absolute atomic E-state index is 12.9. The molecule has 0 aromatic rings. The number of ether oxygens (including phenoxy) is 3. The van der Waals surface area contributed by atoms with E-state index in [0.717, 1.165) is 89.9 Å². The molecule has 0 heterocycles. The molecule has 80 heavy (non-hydrogen) atoms. The summed E-state index contributed by atoms with van der Waals surface area (Å²) in [4.78, 5) is 38.2. The van der Waals surface area contributed by atoms with Gasteiger partial charge in [-0.15, -0.1) is 0 Å². The predicted octanol–water partition coefficient (Wildman–Crippen LogP) is 24.1. The largest absolute Gasteiger partial charge is 0.462 e. The summed E-state index contributed by atoms with van der Waals surface area (Å²) in [5.41, 5.74) is 0. The molecule has 0 aliphatic carbocycles. The van der Waals surface area contributed by atoms with Gasteiger partial charge in [-0.1, -0.05) is 325 Å². The van der Waals surface area contributed by atoms with E-state index in [2.05, 4.69) is 93.7 Å². The molecule has 0 radical (unpaired) electrons. The van der Waals surface area contributed by atoms with E-state index in [1.807, 2.05) is 0 Å². The zero-order valence-electron chi connectivity index (χ0n) is 53.3. The van der Waals surface area contributed by atoms with Gasteiger partial charge in [-0.2, -0.15) is 0 Å². The number of allylic oxidation sites excluding steroid dienone is 12. The fraction of sp³-hybridized carbons (Fsp3) is 0.797. The van der Waals surface area contributed by atoms with Crippen LogP contribution < -0.4 is 0 Å². The van der Waals surface area contributed by atoms with Crippen LogP contribution in [0.4, 0.5) is 0 Å². The molecular weight excluding hydrogens is 985 g/mol. The molecular formula is C74H132O6. The van der Waals surface area contributed by atoms with Crippen molar-refractivity contribution >= 4 is 17.9 Å². The van der Waals surface area contributed by atoms with E-state index in [-0.39, 0.29) is 31.1 Å². The van der Waals surface area contributed by atoms with Gasteiger partial charge in [-0.3, -0.25) is 14.4 Å². The third-order valence-electron chi connectivity index (χ3n) is 15.4. The van der Waals surface area contributed by atoms with E-state index in [4.69, 9.17) is 14.2 Å². The summed E-state index contributed by atoms with van der Waals surface area (Å²) in [6.07, 6.45) is 89.6. The van der Waals surface area contributed by atoms with Crippen molar-refractivity contribution in [3.05, 3.63) is 72.9 Å². The summed E-state index contributed by atoms with van der Waals surface area (Å²) in [5, 5.41) is 0. The second kappa shape index (κ2) is 68.3. The lowest BCUT2D eigenvalue weighted by Crippen LogP contribution is -2.30. The number of rotatable bonds is 64. The first-order chi connectivity index (χ1) is 39.5. The Bertz CT molecular complexity index is 1470. The highest BCUT2D eigenvalue weighted by Gasteiger charge is 2.19. The second-order valence-corrected chi connectivity index (χ2v) is 23.4. The molecule has 6 nitrogen and oxygen atoms in total. The van der Waals surface area contributed by atoms with Gasteiger partial charge in [0.05, 0.1) is 0 Å². The van der Waals surface area contributed by atoms with Gasteiger partial charge < -0.3 is 14.2 Å². The van der Waals surface area contributed by atoms with Gasteiger partial charge in [0.15, 0.2) is 6.10 Å². The number of carbonyl (C=O) groups excluding carboxylic acids is 3. The van der Waals surface area contributed by atoms with Gasteiger partial charge in [0.2, 0.25) is 0 Å². The molecule has 1 unspecified atom stereocenters. The average molecular weight is 1120 g/mol.